The van der Waals surface area contributed by atoms with E-state index in [-0.39, 0.29) is 0 Å². The Kier molecular flexibility index (Phi) is 2.50. The standard InChI is InChI=1S/C12H22N2/c1-2-4-9(5-3-1)6-14-12-10-7-13-8-11(10)12/h9-14H,1-8H2/t10-,11+,12?. The summed E-state index contributed by atoms with van der Waals surface area (Å²) in [5.74, 6) is 2.97. The maximum absolute atomic E-state index is 3.79. The molecule has 14 heavy (non-hydrogen) atoms. The summed E-state index contributed by atoms with van der Waals surface area (Å²) in [4.78, 5) is 0. The molecule has 3 fully saturated rings. The highest BCUT2D eigenvalue weighted by Crippen LogP contribution is 2.41. The van der Waals surface area contributed by atoms with Crippen molar-refractivity contribution in [1.29, 1.82) is 0 Å². The van der Waals surface area contributed by atoms with Crippen LogP contribution in [0.1, 0.15) is 32.1 Å². The van der Waals surface area contributed by atoms with Gasteiger partial charge in [-0.2, -0.15) is 0 Å². The third kappa shape index (κ3) is 1.70. The molecule has 80 valence electrons. The Morgan fingerprint density at radius 3 is 2.43 bits per heavy atom. The lowest BCUT2D eigenvalue weighted by atomic mass is 9.89. The van der Waals surface area contributed by atoms with Gasteiger partial charge in [0.05, 0.1) is 0 Å². The Bertz CT molecular complexity index is 186. The van der Waals surface area contributed by atoms with Gasteiger partial charge in [-0.3, -0.25) is 0 Å². The molecule has 3 atom stereocenters. The number of hydrogen-bond donors (Lipinski definition) is 2. The van der Waals surface area contributed by atoms with Gasteiger partial charge in [0.2, 0.25) is 0 Å². The topological polar surface area (TPSA) is 24.1 Å². The van der Waals surface area contributed by atoms with Gasteiger partial charge in [0.1, 0.15) is 0 Å². The highest BCUT2D eigenvalue weighted by Gasteiger charge is 2.52. The highest BCUT2D eigenvalue weighted by atomic mass is 15.1. The fourth-order valence-electron chi connectivity index (χ4n) is 3.42. The van der Waals surface area contributed by atoms with E-state index >= 15 is 0 Å². The van der Waals surface area contributed by atoms with E-state index in [9.17, 15) is 0 Å². The third-order valence-corrected chi connectivity index (χ3v) is 4.46. The van der Waals surface area contributed by atoms with E-state index in [1.807, 2.05) is 0 Å². The second kappa shape index (κ2) is 3.82. The minimum Gasteiger partial charge on any atom is -0.316 e. The summed E-state index contributed by atoms with van der Waals surface area (Å²) in [7, 11) is 0. The molecule has 0 aromatic heterocycles. The maximum Gasteiger partial charge on any atom is 0.0155 e. The molecule has 2 heteroatoms. The van der Waals surface area contributed by atoms with E-state index in [4.69, 9.17) is 0 Å². The molecule has 2 aliphatic carbocycles. The van der Waals surface area contributed by atoms with Crippen molar-refractivity contribution in [3.05, 3.63) is 0 Å². The average molecular weight is 194 g/mol. The van der Waals surface area contributed by atoms with Crippen molar-refractivity contribution >= 4 is 0 Å². The summed E-state index contributed by atoms with van der Waals surface area (Å²) >= 11 is 0. The molecule has 1 heterocycles. The molecular formula is C12H22N2. The molecule has 3 aliphatic rings. The number of hydrogen-bond acceptors (Lipinski definition) is 2. The van der Waals surface area contributed by atoms with Crippen LogP contribution in [0.4, 0.5) is 0 Å². The maximum atomic E-state index is 3.79. The van der Waals surface area contributed by atoms with Gasteiger partial charge in [0.25, 0.3) is 0 Å². The first-order valence-corrected chi connectivity index (χ1v) is 6.39. The zero-order valence-electron chi connectivity index (χ0n) is 8.97. The van der Waals surface area contributed by atoms with E-state index in [2.05, 4.69) is 10.6 Å². The van der Waals surface area contributed by atoms with Crippen LogP contribution in [0.5, 0.6) is 0 Å². The Labute approximate surface area is 86.8 Å². The van der Waals surface area contributed by atoms with Gasteiger partial charge in [-0.05, 0) is 50.2 Å². The van der Waals surface area contributed by atoms with Gasteiger partial charge < -0.3 is 10.6 Å². The van der Waals surface area contributed by atoms with Crippen LogP contribution in [-0.2, 0) is 0 Å². The highest BCUT2D eigenvalue weighted by molar-refractivity contribution is 5.09. The molecule has 0 spiro atoms. The van der Waals surface area contributed by atoms with E-state index < -0.39 is 0 Å². The first-order chi connectivity index (χ1) is 6.95. The van der Waals surface area contributed by atoms with E-state index in [1.165, 1.54) is 51.7 Å². The summed E-state index contributed by atoms with van der Waals surface area (Å²) in [6, 6.07) is 0.887. The molecule has 2 N–H and O–H groups in total. The second-order valence-corrected chi connectivity index (χ2v) is 5.42. The Morgan fingerprint density at radius 2 is 1.71 bits per heavy atom. The van der Waals surface area contributed by atoms with Crippen LogP contribution in [0, 0.1) is 17.8 Å². The molecule has 0 aromatic carbocycles. The van der Waals surface area contributed by atoms with Crippen molar-refractivity contribution in [3.8, 4) is 0 Å². The molecule has 0 amide bonds. The number of piperidine rings is 1. The van der Waals surface area contributed by atoms with Gasteiger partial charge in [0, 0.05) is 6.04 Å². The molecule has 1 unspecified atom stereocenters. The summed E-state index contributed by atoms with van der Waals surface area (Å²) in [6.07, 6.45) is 7.40. The van der Waals surface area contributed by atoms with Crippen LogP contribution in [0.2, 0.25) is 0 Å². The summed E-state index contributed by atoms with van der Waals surface area (Å²) in [5.41, 5.74) is 0. The van der Waals surface area contributed by atoms with Crippen LogP contribution >= 0.6 is 0 Å². The number of nitrogens with one attached hydrogen (secondary N) is 2. The Hall–Kier alpha value is -0.0800. The van der Waals surface area contributed by atoms with Crippen molar-refractivity contribution in [2.45, 2.75) is 38.1 Å². The van der Waals surface area contributed by atoms with Gasteiger partial charge >= 0.3 is 0 Å². The molecule has 1 saturated heterocycles. The SMILES string of the molecule is C1CCC(CNC2[C@H]3CNC[C@@H]23)CC1. The van der Waals surface area contributed by atoms with Gasteiger partial charge in [0.15, 0.2) is 0 Å². The minimum atomic E-state index is 0.887. The lowest BCUT2D eigenvalue weighted by Crippen LogP contribution is -2.32. The van der Waals surface area contributed by atoms with E-state index in [1.54, 1.807) is 0 Å². The molecule has 0 radical (unpaired) electrons. The lowest BCUT2D eigenvalue weighted by molar-refractivity contribution is 0.336. The predicted molar refractivity (Wildman–Crippen MR) is 58.2 cm³/mol. The zero-order chi connectivity index (χ0) is 9.38. The number of rotatable bonds is 3. The summed E-state index contributed by atoms with van der Waals surface area (Å²) in [6.45, 7) is 3.84. The first kappa shape index (κ1) is 9.17. The minimum absolute atomic E-state index is 0.887. The van der Waals surface area contributed by atoms with Crippen LogP contribution in [0.25, 0.3) is 0 Å². The fraction of sp³-hybridized carbons (Fsp3) is 1.00. The second-order valence-electron chi connectivity index (χ2n) is 5.42. The van der Waals surface area contributed by atoms with Crippen molar-refractivity contribution in [3.63, 3.8) is 0 Å². The molecule has 0 bridgehead atoms. The van der Waals surface area contributed by atoms with Crippen LogP contribution in [0.15, 0.2) is 0 Å². The van der Waals surface area contributed by atoms with Crippen molar-refractivity contribution in [1.82, 2.24) is 10.6 Å². The average Bonchev–Trinajstić information content (AvgIpc) is 2.69. The van der Waals surface area contributed by atoms with Crippen molar-refractivity contribution in [2.75, 3.05) is 19.6 Å². The Morgan fingerprint density at radius 1 is 1.00 bits per heavy atom. The molecule has 1 aliphatic heterocycles. The van der Waals surface area contributed by atoms with Crippen molar-refractivity contribution in [2.24, 2.45) is 17.8 Å². The van der Waals surface area contributed by atoms with Gasteiger partial charge in [-0.25, -0.2) is 0 Å². The van der Waals surface area contributed by atoms with Crippen LogP contribution < -0.4 is 10.6 Å². The predicted octanol–water partition coefficient (Wildman–Crippen LogP) is 1.37. The zero-order valence-corrected chi connectivity index (χ0v) is 8.97. The van der Waals surface area contributed by atoms with Crippen LogP contribution in [0.3, 0.4) is 0 Å². The lowest BCUT2D eigenvalue weighted by Gasteiger charge is -2.22. The number of fused-ring (bicyclic) bond motifs is 1. The third-order valence-electron chi connectivity index (χ3n) is 4.46. The molecule has 2 saturated carbocycles. The molecule has 0 aromatic rings. The largest absolute Gasteiger partial charge is 0.316 e. The Balaban J connectivity index is 1.38. The molecular weight excluding hydrogens is 172 g/mol. The van der Waals surface area contributed by atoms with E-state index in [0.29, 0.717) is 0 Å². The molecule has 2 nitrogen and oxygen atoms in total. The van der Waals surface area contributed by atoms with Gasteiger partial charge in [-0.15, -0.1) is 0 Å². The van der Waals surface area contributed by atoms with Crippen LogP contribution in [-0.4, -0.2) is 25.7 Å². The fourth-order valence-corrected chi connectivity index (χ4v) is 3.42. The summed E-state index contributed by atoms with van der Waals surface area (Å²) in [5, 5.41) is 7.24. The molecule has 3 rings (SSSR count). The smallest absolute Gasteiger partial charge is 0.0155 e. The normalized spacial score (nSPS) is 42.4. The monoisotopic (exact) mass is 194 g/mol. The van der Waals surface area contributed by atoms with E-state index in [0.717, 1.165) is 23.8 Å². The first-order valence-electron chi connectivity index (χ1n) is 6.39. The quantitative estimate of drug-likeness (QED) is 0.709. The van der Waals surface area contributed by atoms with Gasteiger partial charge in [-0.1, -0.05) is 19.3 Å². The van der Waals surface area contributed by atoms with Crippen molar-refractivity contribution < 1.29 is 0 Å². The summed E-state index contributed by atoms with van der Waals surface area (Å²) < 4.78 is 0.